The Morgan fingerprint density at radius 2 is 1.34 bits per heavy atom. The molecule has 0 saturated carbocycles. The normalized spacial score (nSPS) is 8.25. The van der Waals surface area contributed by atoms with Crippen LogP contribution < -0.4 is 11.1 Å². The van der Waals surface area contributed by atoms with Crippen LogP contribution in [0, 0.1) is 22.7 Å². The van der Waals surface area contributed by atoms with Gasteiger partial charge in [0.1, 0.15) is 28.9 Å². The van der Waals surface area contributed by atoms with Crippen molar-refractivity contribution >= 4 is 29.4 Å². The van der Waals surface area contributed by atoms with Crippen molar-refractivity contribution in [1.82, 2.24) is 0 Å². The first-order valence-corrected chi connectivity index (χ1v) is 8.92. The highest BCUT2D eigenvalue weighted by Crippen LogP contribution is 2.06. The zero-order valence-electron chi connectivity index (χ0n) is 17.8. The van der Waals surface area contributed by atoms with Gasteiger partial charge in [0.25, 0.3) is 11.8 Å². The van der Waals surface area contributed by atoms with Crippen LogP contribution in [0.2, 0.25) is 0 Å². The van der Waals surface area contributed by atoms with E-state index in [1.807, 2.05) is 6.07 Å². The molecule has 0 radical (unpaired) electrons. The van der Waals surface area contributed by atoms with Crippen LogP contribution in [0.4, 0.5) is 5.69 Å². The summed E-state index contributed by atoms with van der Waals surface area (Å²) in [4.78, 5) is 42.6. The minimum Gasteiger partial charge on any atom is -0.462 e. The monoisotopic (exact) mass is 440 g/mol. The van der Waals surface area contributed by atoms with Crippen LogP contribution in [0.5, 0.6) is 0 Å². The number of benzene rings is 1. The quantitative estimate of drug-likeness (QED) is 0.213. The molecule has 0 aliphatic rings. The van der Waals surface area contributed by atoms with E-state index >= 15 is 0 Å². The number of hydrogen-bond donors (Lipinski definition) is 2. The summed E-state index contributed by atoms with van der Waals surface area (Å²) in [6.45, 7) is 13.3. The van der Waals surface area contributed by atoms with E-state index in [4.69, 9.17) is 10.5 Å². The fourth-order valence-corrected chi connectivity index (χ4v) is 1.35. The van der Waals surface area contributed by atoms with Crippen LogP contribution in [0.15, 0.2) is 66.8 Å². The van der Waals surface area contributed by atoms with Gasteiger partial charge in [0.2, 0.25) is 0 Å². The first-order valence-electron chi connectivity index (χ1n) is 8.92. The summed E-state index contributed by atoms with van der Waals surface area (Å²) in [5.74, 6) is -2.68. The number of nitriles is 2. The second kappa shape index (κ2) is 17.2. The molecule has 2 amide bonds. The van der Waals surface area contributed by atoms with E-state index in [2.05, 4.69) is 40.3 Å². The number of para-hydroxylation sites is 1. The molecule has 168 valence electrons. The highest BCUT2D eigenvalue weighted by atomic mass is 16.6. The van der Waals surface area contributed by atoms with Gasteiger partial charge in [-0.1, -0.05) is 37.9 Å². The highest BCUT2D eigenvalue weighted by molar-refractivity contribution is 6.13. The lowest BCUT2D eigenvalue weighted by atomic mass is 10.3. The van der Waals surface area contributed by atoms with E-state index in [-0.39, 0.29) is 29.9 Å². The predicted octanol–water partition coefficient (Wildman–Crippen LogP) is 1.93. The lowest BCUT2D eigenvalue weighted by Crippen LogP contribution is -2.17. The fourth-order valence-electron chi connectivity index (χ4n) is 1.35. The van der Waals surface area contributed by atoms with Crippen LogP contribution in [0.3, 0.4) is 0 Å². The molecule has 3 N–H and O–H groups in total. The Balaban J connectivity index is 0. The van der Waals surface area contributed by atoms with E-state index in [0.717, 1.165) is 0 Å². The van der Waals surface area contributed by atoms with Crippen LogP contribution in [-0.2, 0) is 28.7 Å². The van der Waals surface area contributed by atoms with E-state index in [1.54, 1.807) is 44.2 Å². The smallest absolute Gasteiger partial charge is 0.344 e. The lowest BCUT2D eigenvalue weighted by molar-refractivity contribution is -0.146. The van der Waals surface area contributed by atoms with Crippen molar-refractivity contribution in [3.8, 4) is 12.1 Å². The maximum atomic E-state index is 11.1. The van der Waals surface area contributed by atoms with Gasteiger partial charge in [-0.3, -0.25) is 9.59 Å². The average Bonchev–Trinajstić information content (AvgIpc) is 2.79. The second-order valence-corrected chi connectivity index (χ2v) is 5.28. The average molecular weight is 440 g/mol. The van der Waals surface area contributed by atoms with Gasteiger partial charge in [0.05, 0.1) is 13.2 Å². The number of carbonyl (C=O) groups excluding carboxylic acids is 4. The molecule has 1 aromatic carbocycles. The Morgan fingerprint density at radius 1 is 0.906 bits per heavy atom. The molecule has 10 nitrogen and oxygen atoms in total. The van der Waals surface area contributed by atoms with E-state index in [0.29, 0.717) is 5.69 Å². The van der Waals surface area contributed by atoms with Gasteiger partial charge in [0, 0.05) is 5.69 Å². The predicted molar refractivity (Wildman–Crippen MR) is 116 cm³/mol. The van der Waals surface area contributed by atoms with Crippen LogP contribution >= 0.6 is 0 Å². The lowest BCUT2D eigenvalue weighted by Gasteiger charge is -2.03. The molecule has 0 heterocycles. The topological polar surface area (TPSA) is 172 Å². The van der Waals surface area contributed by atoms with Crippen molar-refractivity contribution < 1.29 is 28.7 Å². The second-order valence-electron chi connectivity index (χ2n) is 5.28. The molecule has 1 aromatic rings. The molecule has 0 aromatic heterocycles. The van der Waals surface area contributed by atoms with E-state index in [1.165, 1.54) is 6.07 Å². The molecular weight excluding hydrogens is 416 g/mol. The van der Waals surface area contributed by atoms with Gasteiger partial charge in [-0.15, -0.1) is 0 Å². The van der Waals surface area contributed by atoms with Crippen molar-refractivity contribution in [1.29, 1.82) is 10.5 Å². The minimum absolute atomic E-state index is 0.0937. The molecule has 0 aliphatic heterocycles. The molecule has 32 heavy (non-hydrogen) atoms. The molecule has 0 unspecified atom stereocenters. The Morgan fingerprint density at radius 3 is 1.66 bits per heavy atom. The third-order valence-corrected chi connectivity index (χ3v) is 2.92. The van der Waals surface area contributed by atoms with Gasteiger partial charge >= 0.3 is 11.9 Å². The first-order chi connectivity index (χ1) is 15.0. The van der Waals surface area contributed by atoms with E-state index < -0.39 is 23.8 Å². The largest absolute Gasteiger partial charge is 0.462 e. The van der Waals surface area contributed by atoms with Crippen LogP contribution in [-0.4, -0.2) is 37.0 Å². The number of esters is 2. The summed E-state index contributed by atoms with van der Waals surface area (Å²) in [5.41, 5.74) is 4.67. The summed E-state index contributed by atoms with van der Waals surface area (Å²) >= 11 is 0. The van der Waals surface area contributed by atoms with Gasteiger partial charge in [0.15, 0.2) is 0 Å². The number of ether oxygens (including phenoxy) is 2. The van der Waals surface area contributed by atoms with Gasteiger partial charge in [-0.25, -0.2) is 9.59 Å². The summed E-state index contributed by atoms with van der Waals surface area (Å²) < 4.78 is 9.06. The van der Waals surface area contributed by atoms with E-state index in [9.17, 15) is 19.2 Å². The van der Waals surface area contributed by atoms with Crippen molar-refractivity contribution in [3.05, 3.63) is 66.8 Å². The van der Waals surface area contributed by atoms with Crippen molar-refractivity contribution in [3.63, 3.8) is 0 Å². The Bertz CT molecular complexity index is 919. The van der Waals surface area contributed by atoms with Crippen molar-refractivity contribution in [2.24, 2.45) is 5.73 Å². The molecule has 0 fully saturated rings. The maximum absolute atomic E-state index is 11.1. The first kappa shape index (κ1) is 29.5. The van der Waals surface area contributed by atoms with Gasteiger partial charge in [-0.2, -0.15) is 10.5 Å². The number of nitrogens with zero attached hydrogens (tertiary/aromatic N) is 2. The summed E-state index contributed by atoms with van der Waals surface area (Å²) in [7, 11) is 0. The summed E-state index contributed by atoms with van der Waals surface area (Å²) in [5, 5.41) is 18.8. The Labute approximate surface area is 186 Å². The number of rotatable bonds is 7. The van der Waals surface area contributed by atoms with Crippen molar-refractivity contribution in [2.45, 2.75) is 13.8 Å². The Kier molecular flexibility index (Phi) is 15.8. The summed E-state index contributed by atoms with van der Waals surface area (Å²) in [6, 6.07) is 12.1. The number of carbonyl (C=O) groups is 4. The molecule has 0 saturated heterocycles. The third-order valence-electron chi connectivity index (χ3n) is 2.92. The van der Waals surface area contributed by atoms with Gasteiger partial charge in [-0.05, 0) is 26.0 Å². The molecule has 0 aliphatic carbocycles. The number of amides is 2. The number of anilines is 1. The highest BCUT2D eigenvalue weighted by Gasteiger charge is 2.17. The number of primary amides is 1. The third kappa shape index (κ3) is 13.5. The molecule has 0 atom stereocenters. The summed E-state index contributed by atoms with van der Waals surface area (Å²) in [6.07, 6.45) is 0. The minimum atomic E-state index is -0.762. The Hall–Kier alpha value is -4.70. The van der Waals surface area contributed by atoms with Gasteiger partial charge < -0.3 is 20.5 Å². The van der Waals surface area contributed by atoms with Crippen LogP contribution in [0.1, 0.15) is 13.8 Å². The van der Waals surface area contributed by atoms with Crippen LogP contribution in [0.25, 0.3) is 0 Å². The standard InChI is InChI=1S/C10H8N2O.C8H12O4.C4H4N2O/c1-8(7-11)10(13)12-9-5-3-2-4-6-9;1-4-11-7(9)6(3)8(10)12-5-2;1-3(2-5)4(6)7/h2-6H,1H2,(H,12,13);3-5H2,1-2H3;1H2,(H2,6,7). The molecular formula is C22H24N4O6. The SMILES string of the molecule is C=C(C#N)C(=O)Nc1ccccc1.C=C(C#N)C(N)=O.C=C(C(=O)OCC)C(=O)OCC. The number of hydrogen-bond acceptors (Lipinski definition) is 8. The van der Waals surface area contributed by atoms with Crippen molar-refractivity contribution in [2.75, 3.05) is 18.5 Å². The number of nitrogens with one attached hydrogen (secondary N) is 1. The zero-order chi connectivity index (χ0) is 25.1. The zero-order valence-corrected chi connectivity index (χ0v) is 17.8. The fraction of sp³-hybridized carbons (Fsp3) is 0.182. The maximum Gasteiger partial charge on any atom is 0.344 e. The number of nitrogens with two attached hydrogens (primary N) is 1. The molecule has 0 spiro atoms. The molecule has 1 rings (SSSR count). The molecule has 0 bridgehead atoms. The molecule has 10 heteroatoms.